The SMILES string of the molecule is CS(=O)(=O)c1ccc(Cl)c(C(=O)NCc2ccc(Cn3ccnc3)cc2)c1. The quantitative estimate of drug-likeness (QED) is 0.686. The first-order valence-corrected chi connectivity index (χ1v) is 10.4. The molecule has 1 N–H and O–H groups in total. The summed E-state index contributed by atoms with van der Waals surface area (Å²) in [5.41, 5.74) is 2.18. The number of nitrogens with zero attached hydrogens (tertiary/aromatic N) is 2. The molecule has 0 spiro atoms. The van der Waals surface area contributed by atoms with Gasteiger partial charge in [0.15, 0.2) is 9.84 Å². The number of amides is 1. The van der Waals surface area contributed by atoms with E-state index in [9.17, 15) is 13.2 Å². The van der Waals surface area contributed by atoms with Crippen molar-refractivity contribution in [3.05, 3.63) is 82.9 Å². The Morgan fingerprint density at radius 3 is 2.48 bits per heavy atom. The molecule has 3 aromatic rings. The van der Waals surface area contributed by atoms with Crippen LogP contribution in [0, 0.1) is 0 Å². The van der Waals surface area contributed by atoms with Crippen molar-refractivity contribution in [2.45, 2.75) is 18.0 Å². The largest absolute Gasteiger partial charge is 0.348 e. The summed E-state index contributed by atoms with van der Waals surface area (Å²) in [4.78, 5) is 16.5. The van der Waals surface area contributed by atoms with Gasteiger partial charge in [-0.05, 0) is 29.3 Å². The summed E-state index contributed by atoms with van der Waals surface area (Å²) in [6, 6.07) is 11.9. The summed E-state index contributed by atoms with van der Waals surface area (Å²) < 4.78 is 25.3. The number of rotatable bonds is 6. The third kappa shape index (κ3) is 4.96. The first kappa shape index (κ1) is 19.1. The second kappa shape index (κ2) is 7.94. The van der Waals surface area contributed by atoms with Gasteiger partial charge in [-0.25, -0.2) is 13.4 Å². The summed E-state index contributed by atoms with van der Waals surface area (Å²) in [7, 11) is -3.41. The molecule has 8 heteroatoms. The van der Waals surface area contributed by atoms with Crippen LogP contribution in [-0.2, 0) is 22.9 Å². The minimum Gasteiger partial charge on any atom is -0.348 e. The molecule has 6 nitrogen and oxygen atoms in total. The third-order valence-electron chi connectivity index (χ3n) is 4.01. The van der Waals surface area contributed by atoms with E-state index >= 15 is 0 Å². The van der Waals surface area contributed by atoms with Gasteiger partial charge in [0.2, 0.25) is 0 Å². The van der Waals surface area contributed by atoms with E-state index in [2.05, 4.69) is 10.3 Å². The summed E-state index contributed by atoms with van der Waals surface area (Å²) in [6.07, 6.45) is 6.46. The minimum absolute atomic E-state index is 0.0564. The number of carbonyl (C=O) groups excluding carboxylic acids is 1. The molecule has 0 saturated carbocycles. The molecule has 27 heavy (non-hydrogen) atoms. The first-order valence-electron chi connectivity index (χ1n) is 8.14. The van der Waals surface area contributed by atoms with Crippen LogP contribution >= 0.6 is 11.6 Å². The second-order valence-corrected chi connectivity index (χ2v) is 8.57. The molecular weight excluding hydrogens is 386 g/mol. The Hall–Kier alpha value is -2.64. The van der Waals surface area contributed by atoms with Crippen molar-refractivity contribution in [2.24, 2.45) is 0 Å². The molecule has 140 valence electrons. The van der Waals surface area contributed by atoms with Crippen LogP contribution in [0.3, 0.4) is 0 Å². The zero-order valence-corrected chi connectivity index (χ0v) is 16.2. The number of hydrogen-bond acceptors (Lipinski definition) is 4. The molecule has 3 rings (SSSR count). The van der Waals surface area contributed by atoms with Crippen molar-refractivity contribution in [1.82, 2.24) is 14.9 Å². The van der Waals surface area contributed by atoms with Gasteiger partial charge in [-0.15, -0.1) is 0 Å². The molecule has 0 atom stereocenters. The molecule has 0 radical (unpaired) electrons. The average molecular weight is 404 g/mol. The predicted molar refractivity (Wildman–Crippen MR) is 104 cm³/mol. The lowest BCUT2D eigenvalue weighted by molar-refractivity contribution is 0.0951. The fraction of sp³-hybridized carbons (Fsp3) is 0.158. The molecular formula is C19H18ClN3O3S. The van der Waals surface area contributed by atoms with Gasteiger partial charge in [0.25, 0.3) is 5.91 Å². The van der Waals surface area contributed by atoms with Gasteiger partial charge >= 0.3 is 0 Å². The van der Waals surface area contributed by atoms with Crippen molar-refractivity contribution in [3.63, 3.8) is 0 Å². The van der Waals surface area contributed by atoms with Gasteiger partial charge in [-0.1, -0.05) is 35.9 Å². The number of benzene rings is 2. The zero-order valence-electron chi connectivity index (χ0n) is 14.6. The Morgan fingerprint density at radius 2 is 1.85 bits per heavy atom. The van der Waals surface area contributed by atoms with Crippen molar-refractivity contribution in [2.75, 3.05) is 6.26 Å². The molecule has 2 aromatic carbocycles. The van der Waals surface area contributed by atoms with Gasteiger partial charge in [0.05, 0.1) is 21.8 Å². The molecule has 0 bridgehead atoms. The van der Waals surface area contributed by atoms with Crippen molar-refractivity contribution in [3.8, 4) is 0 Å². The number of nitrogens with one attached hydrogen (secondary N) is 1. The highest BCUT2D eigenvalue weighted by Gasteiger charge is 2.15. The summed E-state index contributed by atoms with van der Waals surface area (Å²) in [6.45, 7) is 1.03. The van der Waals surface area contributed by atoms with Crippen molar-refractivity contribution >= 4 is 27.3 Å². The van der Waals surface area contributed by atoms with Gasteiger partial charge < -0.3 is 9.88 Å². The molecule has 0 aliphatic heterocycles. The van der Waals surface area contributed by atoms with Crippen LogP contribution in [0.15, 0.2) is 66.1 Å². The van der Waals surface area contributed by atoms with Crippen LogP contribution in [0.4, 0.5) is 0 Å². The Labute approximate surface area is 162 Å². The average Bonchev–Trinajstić information content (AvgIpc) is 3.13. The maximum atomic E-state index is 12.4. The Bertz CT molecular complexity index is 1050. The molecule has 1 heterocycles. The fourth-order valence-corrected chi connectivity index (χ4v) is 3.39. The number of hydrogen-bond donors (Lipinski definition) is 1. The smallest absolute Gasteiger partial charge is 0.253 e. The van der Waals surface area contributed by atoms with Crippen LogP contribution in [-0.4, -0.2) is 30.1 Å². The van der Waals surface area contributed by atoms with E-state index in [1.54, 1.807) is 12.5 Å². The van der Waals surface area contributed by atoms with E-state index in [0.29, 0.717) is 6.54 Å². The molecule has 1 amide bonds. The number of imidazole rings is 1. The van der Waals surface area contributed by atoms with Crippen LogP contribution < -0.4 is 5.32 Å². The highest BCUT2D eigenvalue weighted by atomic mass is 35.5. The highest BCUT2D eigenvalue weighted by molar-refractivity contribution is 7.90. The lowest BCUT2D eigenvalue weighted by Gasteiger charge is -2.09. The molecule has 0 aliphatic carbocycles. The third-order valence-corrected chi connectivity index (χ3v) is 5.45. The van der Waals surface area contributed by atoms with Gasteiger partial charge in [-0.2, -0.15) is 0 Å². The van der Waals surface area contributed by atoms with E-state index in [-0.39, 0.29) is 15.5 Å². The molecule has 0 unspecified atom stereocenters. The number of sulfone groups is 1. The molecule has 0 aliphatic rings. The molecule has 0 saturated heterocycles. The summed E-state index contributed by atoms with van der Waals surface area (Å²) >= 11 is 6.05. The number of carbonyl (C=O) groups is 1. The first-order chi connectivity index (χ1) is 12.8. The van der Waals surface area contributed by atoms with Crippen LogP contribution in [0.1, 0.15) is 21.5 Å². The standard InChI is InChI=1S/C19H18ClN3O3S/c1-27(25,26)16-6-7-18(20)17(10-16)19(24)22-11-14-2-4-15(5-3-14)12-23-9-8-21-13-23/h2-10,13H,11-12H2,1H3,(H,22,24). The fourth-order valence-electron chi connectivity index (χ4n) is 2.54. The Morgan fingerprint density at radius 1 is 1.15 bits per heavy atom. The van der Waals surface area contributed by atoms with Crippen LogP contribution in [0.5, 0.6) is 0 Å². The van der Waals surface area contributed by atoms with E-state index in [0.717, 1.165) is 23.9 Å². The monoisotopic (exact) mass is 403 g/mol. The lowest BCUT2D eigenvalue weighted by Crippen LogP contribution is -2.23. The van der Waals surface area contributed by atoms with E-state index in [4.69, 9.17) is 11.6 Å². The van der Waals surface area contributed by atoms with Gasteiger partial charge in [0.1, 0.15) is 0 Å². The second-order valence-electron chi connectivity index (χ2n) is 6.15. The maximum absolute atomic E-state index is 12.4. The van der Waals surface area contributed by atoms with Gasteiger partial charge in [-0.3, -0.25) is 4.79 Å². The normalized spacial score (nSPS) is 11.3. The Kier molecular flexibility index (Phi) is 5.62. The zero-order chi connectivity index (χ0) is 19.4. The summed E-state index contributed by atoms with van der Waals surface area (Å²) in [5.74, 6) is -0.423. The summed E-state index contributed by atoms with van der Waals surface area (Å²) in [5, 5.41) is 2.97. The molecule has 1 aromatic heterocycles. The Balaban J connectivity index is 1.65. The van der Waals surface area contributed by atoms with Gasteiger partial charge in [0, 0.05) is 31.7 Å². The number of aromatic nitrogens is 2. The highest BCUT2D eigenvalue weighted by Crippen LogP contribution is 2.20. The van der Waals surface area contributed by atoms with Crippen LogP contribution in [0.2, 0.25) is 5.02 Å². The van der Waals surface area contributed by atoms with E-state index in [1.165, 1.54) is 18.2 Å². The maximum Gasteiger partial charge on any atom is 0.253 e. The van der Waals surface area contributed by atoms with E-state index in [1.807, 2.05) is 35.0 Å². The predicted octanol–water partition coefficient (Wildman–Crippen LogP) is 2.92. The number of halogens is 1. The minimum atomic E-state index is -3.41. The topological polar surface area (TPSA) is 81.1 Å². The lowest BCUT2D eigenvalue weighted by atomic mass is 10.1. The molecule has 0 fully saturated rings. The van der Waals surface area contributed by atoms with E-state index < -0.39 is 15.7 Å². The van der Waals surface area contributed by atoms with Crippen LogP contribution in [0.25, 0.3) is 0 Å². The van der Waals surface area contributed by atoms with Crippen molar-refractivity contribution in [1.29, 1.82) is 0 Å². The van der Waals surface area contributed by atoms with Crippen molar-refractivity contribution < 1.29 is 13.2 Å².